The second-order valence-corrected chi connectivity index (χ2v) is 3.26. The number of nitrogens with two attached hydrogens (primary N) is 2. The van der Waals surface area contributed by atoms with E-state index in [1.165, 1.54) is 25.3 Å². The van der Waals surface area contributed by atoms with Crippen LogP contribution in [0.1, 0.15) is 11.6 Å². The number of rotatable bonds is 4. The van der Waals surface area contributed by atoms with Gasteiger partial charge in [0.25, 0.3) is 0 Å². The molecule has 1 rings (SSSR count). The average molecular weight is 214 g/mol. The minimum Gasteiger partial charge on any atom is -0.496 e. The Morgan fingerprint density at radius 2 is 2.13 bits per heavy atom. The maximum Gasteiger partial charge on any atom is 0.123 e. The summed E-state index contributed by atoms with van der Waals surface area (Å²) in [5, 5.41) is 8.86. The molecule has 15 heavy (non-hydrogen) atoms. The fourth-order valence-corrected chi connectivity index (χ4v) is 1.31. The first-order valence-corrected chi connectivity index (χ1v) is 4.55. The highest BCUT2D eigenvalue weighted by atomic mass is 19.1. The highest BCUT2D eigenvalue weighted by molar-refractivity contribution is 5.37. The fourth-order valence-electron chi connectivity index (χ4n) is 1.31. The summed E-state index contributed by atoms with van der Waals surface area (Å²) in [5.74, 6) is 0.0548. The third-order valence-corrected chi connectivity index (χ3v) is 2.22. The number of hydrogen-bond donors (Lipinski definition) is 3. The van der Waals surface area contributed by atoms with Crippen LogP contribution in [-0.2, 0) is 0 Å². The number of methoxy groups -OCH3 is 1. The van der Waals surface area contributed by atoms with E-state index in [-0.39, 0.29) is 6.61 Å². The molecular weight excluding hydrogens is 199 g/mol. The van der Waals surface area contributed by atoms with Gasteiger partial charge in [-0.3, -0.25) is 0 Å². The maximum atomic E-state index is 13.0. The summed E-state index contributed by atoms with van der Waals surface area (Å²) in [4.78, 5) is 0. The third-order valence-electron chi connectivity index (χ3n) is 2.22. The summed E-state index contributed by atoms with van der Waals surface area (Å²) in [6, 6.07) is 2.73. The molecule has 0 aromatic heterocycles. The molecule has 0 saturated carbocycles. The molecule has 0 amide bonds. The van der Waals surface area contributed by atoms with Crippen LogP contribution in [-0.4, -0.2) is 24.9 Å². The zero-order valence-electron chi connectivity index (χ0n) is 8.48. The van der Waals surface area contributed by atoms with Crippen LogP contribution in [0.15, 0.2) is 18.2 Å². The Morgan fingerprint density at radius 3 is 2.67 bits per heavy atom. The van der Waals surface area contributed by atoms with Crippen LogP contribution in [0, 0.1) is 5.82 Å². The van der Waals surface area contributed by atoms with Crippen LogP contribution in [0.3, 0.4) is 0 Å². The van der Waals surface area contributed by atoms with Crippen LogP contribution in [0.2, 0.25) is 0 Å². The number of ether oxygens (including phenoxy) is 1. The minimum atomic E-state index is -0.652. The summed E-state index contributed by atoms with van der Waals surface area (Å²) in [6.07, 6.45) is 0. The molecule has 2 atom stereocenters. The van der Waals surface area contributed by atoms with Gasteiger partial charge in [0.1, 0.15) is 11.6 Å². The lowest BCUT2D eigenvalue weighted by Gasteiger charge is -2.20. The van der Waals surface area contributed by atoms with E-state index in [0.29, 0.717) is 11.3 Å². The lowest BCUT2D eigenvalue weighted by molar-refractivity contribution is 0.248. The molecule has 0 saturated heterocycles. The molecule has 2 unspecified atom stereocenters. The Balaban J connectivity index is 3.05. The molecule has 5 N–H and O–H groups in total. The summed E-state index contributed by atoms with van der Waals surface area (Å²) in [6.45, 7) is -0.263. The molecule has 5 heteroatoms. The molecule has 0 aliphatic heterocycles. The molecule has 0 aliphatic carbocycles. The molecule has 84 valence electrons. The van der Waals surface area contributed by atoms with Crippen molar-refractivity contribution in [2.45, 2.75) is 12.1 Å². The zero-order valence-corrected chi connectivity index (χ0v) is 8.48. The van der Waals surface area contributed by atoms with Crippen molar-refractivity contribution in [1.29, 1.82) is 0 Å². The molecule has 0 bridgehead atoms. The standard InChI is InChI=1S/C10H15FN2O2/c1-15-9-3-2-6(11)4-7(9)10(13)8(12)5-14/h2-4,8,10,14H,5,12-13H2,1H3. The van der Waals surface area contributed by atoms with Gasteiger partial charge in [0.05, 0.1) is 19.8 Å². The number of halogens is 1. The molecule has 1 aromatic carbocycles. The van der Waals surface area contributed by atoms with Crippen LogP contribution in [0.25, 0.3) is 0 Å². The third kappa shape index (κ3) is 2.65. The Bertz CT molecular complexity index is 333. The molecule has 0 spiro atoms. The Morgan fingerprint density at radius 1 is 1.47 bits per heavy atom. The highest BCUT2D eigenvalue weighted by Crippen LogP contribution is 2.25. The van der Waals surface area contributed by atoms with Crippen molar-refractivity contribution in [2.24, 2.45) is 11.5 Å². The molecular formula is C10H15FN2O2. The largest absolute Gasteiger partial charge is 0.496 e. The molecule has 0 aliphatic rings. The van der Waals surface area contributed by atoms with Crippen molar-refractivity contribution in [3.63, 3.8) is 0 Å². The van der Waals surface area contributed by atoms with Crippen molar-refractivity contribution in [3.05, 3.63) is 29.6 Å². The van der Waals surface area contributed by atoms with Crippen LogP contribution in [0.4, 0.5) is 4.39 Å². The van der Waals surface area contributed by atoms with Gasteiger partial charge in [0.15, 0.2) is 0 Å². The van der Waals surface area contributed by atoms with Crippen molar-refractivity contribution < 1.29 is 14.2 Å². The quantitative estimate of drug-likeness (QED) is 0.666. The van der Waals surface area contributed by atoms with Crippen molar-refractivity contribution in [2.75, 3.05) is 13.7 Å². The van der Waals surface area contributed by atoms with E-state index in [2.05, 4.69) is 0 Å². The Labute approximate surface area is 87.6 Å². The van der Waals surface area contributed by atoms with Gasteiger partial charge < -0.3 is 21.3 Å². The first kappa shape index (κ1) is 11.9. The van der Waals surface area contributed by atoms with Crippen molar-refractivity contribution in [3.8, 4) is 5.75 Å². The van der Waals surface area contributed by atoms with Gasteiger partial charge in [0, 0.05) is 11.6 Å². The van der Waals surface area contributed by atoms with Gasteiger partial charge >= 0.3 is 0 Å². The van der Waals surface area contributed by atoms with Gasteiger partial charge in [-0.15, -0.1) is 0 Å². The van der Waals surface area contributed by atoms with Crippen LogP contribution in [0.5, 0.6) is 5.75 Å². The number of aliphatic hydroxyl groups is 1. The maximum absolute atomic E-state index is 13.0. The summed E-state index contributed by atoms with van der Waals surface area (Å²) in [5.41, 5.74) is 11.8. The van der Waals surface area contributed by atoms with E-state index in [1.54, 1.807) is 0 Å². The predicted molar refractivity (Wildman–Crippen MR) is 54.9 cm³/mol. The SMILES string of the molecule is COc1ccc(F)cc1C(N)C(N)CO. The Hall–Kier alpha value is -1.17. The van der Waals surface area contributed by atoms with E-state index >= 15 is 0 Å². The van der Waals surface area contributed by atoms with Crippen molar-refractivity contribution >= 4 is 0 Å². The Kier molecular flexibility index (Phi) is 4.02. The average Bonchev–Trinajstić information content (AvgIpc) is 2.27. The van der Waals surface area contributed by atoms with Gasteiger partial charge in [-0.2, -0.15) is 0 Å². The molecule has 0 fully saturated rings. The number of hydrogen-bond acceptors (Lipinski definition) is 4. The minimum absolute atomic E-state index is 0.263. The van der Waals surface area contributed by atoms with Crippen LogP contribution >= 0.6 is 0 Å². The van der Waals surface area contributed by atoms with E-state index in [4.69, 9.17) is 21.3 Å². The molecule has 0 radical (unpaired) electrons. The lowest BCUT2D eigenvalue weighted by atomic mass is 10.0. The summed E-state index contributed by atoms with van der Waals surface area (Å²) < 4.78 is 18.0. The summed E-state index contributed by atoms with van der Waals surface area (Å²) >= 11 is 0. The number of benzene rings is 1. The van der Waals surface area contributed by atoms with E-state index in [9.17, 15) is 4.39 Å². The molecule has 4 nitrogen and oxygen atoms in total. The predicted octanol–water partition coefficient (Wildman–Crippen LogP) is 0.154. The van der Waals surface area contributed by atoms with Gasteiger partial charge in [-0.25, -0.2) is 4.39 Å². The lowest BCUT2D eigenvalue weighted by Crippen LogP contribution is -2.37. The zero-order chi connectivity index (χ0) is 11.4. The highest BCUT2D eigenvalue weighted by Gasteiger charge is 2.18. The van der Waals surface area contributed by atoms with Gasteiger partial charge in [-0.05, 0) is 18.2 Å². The molecule has 0 heterocycles. The topological polar surface area (TPSA) is 81.5 Å². The first-order valence-electron chi connectivity index (χ1n) is 4.55. The van der Waals surface area contributed by atoms with E-state index in [0.717, 1.165) is 0 Å². The van der Waals surface area contributed by atoms with Gasteiger partial charge in [-0.1, -0.05) is 0 Å². The second-order valence-electron chi connectivity index (χ2n) is 3.26. The smallest absolute Gasteiger partial charge is 0.123 e. The van der Waals surface area contributed by atoms with Crippen LogP contribution < -0.4 is 16.2 Å². The monoisotopic (exact) mass is 214 g/mol. The second kappa shape index (κ2) is 5.06. The summed E-state index contributed by atoms with van der Waals surface area (Å²) in [7, 11) is 1.47. The van der Waals surface area contributed by atoms with E-state index in [1.807, 2.05) is 0 Å². The van der Waals surface area contributed by atoms with E-state index < -0.39 is 17.9 Å². The normalized spacial score (nSPS) is 14.7. The first-order chi connectivity index (χ1) is 7.10. The van der Waals surface area contributed by atoms with Crippen molar-refractivity contribution in [1.82, 2.24) is 0 Å². The number of aliphatic hydroxyl groups excluding tert-OH is 1. The fraction of sp³-hybridized carbons (Fsp3) is 0.400. The molecule has 1 aromatic rings. The van der Waals surface area contributed by atoms with Gasteiger partial charge in [0.2, 0.25) is 0 Å².